The zero-order chi connectivity index (χ0) is 26.1. The van der Waals surface area contributed by atoms with Crippen LogP contribution in [0.5, 0.6) is 0 Å². The van der Waals surface area contributed by atoms with Crippen LogP contribution in [-0.4, -0.2) is 43.2 Å². The number of pyridine rings is 2. The van der Waals surface area contributed by atoms with Crippen LogP contribution in [-0.2, 0) is 0 Å². The lowest BCUT2D eigenvalue weighted by atomic mass is 10.0. The molecule has 0 unspecified atom stereocenters. The van der Waals surface area contributed by atoms with Crippen LogP contribution in [0.4, 0.5) is 15.9 Å². The number of imidazole rings is 1. The Morgan fingerprint density at radius 3 is 2.84 bits per heavy atom. The second-order valence-corrected chi connectivity index (χ2v) is 9.88. The summed E-state index contributed by atoms with van der Waals surface area (Å²) in [5, 5.41) is 11.1. The molecule has 5 aromatic rings. The SMILES string of the molecule is C=C(CCCC)Nc1cncc(-c2ccc3[nH]nc(-c4nc5c(N6CCCCC6)nccc5[nH]4)c3c2F)c1. The van der Waals surface area contributed by atoms with Crippen molar-refractivity contribution in [3.05, 3.63) is 60.9 Å². The fraction of sp³-hybridized carbons (Fsp3) is 0.310. The van der Waals surface area contributed by atoms with Gasteiger partial charge in [-0.1, -0.05) is 19.9 Å². The summed E-state index contributed by atoms with van der Waals surface area (Å²) in [5.74, 6) is 1.00. The quantitative estimate of drug-likeness (QED) is 0.212. The Morgan fingerprint density at radius 1 is 1.13 bits per heavy atom. The van der Waals surface area contributed by atoms with Gasteiger partial charge in [0, 0.05) is 42.3 Å². The van der Waals surface area contributed by atoms with Gasteiger partial charge >= 0.3 is 0 Å². The van der Waals surface area contributed by atoms with Crippen LogP contribution in [0.3, 0.4) is 0 Å². The van der Waals surface area contributed by atoms with Gasteiger partial charge in [-0.3, -0.25) is 10.1 Å². The van der Waals surface area contributed by atoms with E-state index in [2.05, 4.69) is 48.9 Å². The van der Waals surface area contributed by atoms with Crippen molar-refractivity contribution in [2.24, 2.45) is 0 Å². The number of aromatic amines is 2. The Balaban J connectivity index is 1.38. The molecule has 0 aliphatic carbocycles. The number of rotatable bonds is 8. The van der Waals surface area contributed by atoms with Gasteiger partial charge in [0.05, 0.1) is 28.3 Å². The van der Waals surface area contributed by atoms with Crippen molar-refractivity contribution in [3.8, 4) is 22.6 Å². The summed E-state index contributed by atoms with van der Waals surface area (Å²) in [6.07, 6.45) is 11.7. The van der Waals surface area contributed by atoms with Crippen molar-refractivity contribution in [3.63, 3.8) is 0 Å². The Hall–Kier alpha value is -4.27. The maximum atomic E-state index is 16.1. The second kappa shape index (κ2) is 10.2. The van der Waals surface area contributed by atoms with E-state index in [4.69, 9.17) is 4.98 Å². The molecular formula is C29H31FN8. The standard InChI is InChI=1S/C29H31FN8/c1-3-4-8-18(2)33-20-15-19(16-31-17-20)21-9-10-22-24(25(21)30)27(37-36-22)28-34-23-11-12-32-29(26(23)35-28)38-13-6-5-7-14-38/h9-12,15-17,33H,2-8,13-14H2,1H3,(H,34,35)(H,36,37). The fourth-order valence-electron chi connectivity index (χ4n) is 5.15. The molecule has 0 spiro atoms. The molecule has 0 bridgehead atoms. The molecule has 0 amide bonds. The van der Waals surface area contributed by atoms with Crippen molar-refractivity contribution >= 4 is 33.4 Å². The topological polar surface area (TPSA) is 98.4 Å². The van der Waals surface area contributed by atoms with Crippen molar-refractivity contribution in [1.29, 1.82) is 0 Å². The number of hydrogen-bond donors (Lipinski definition) is 3. The van der Waals surface area contributed by atoms with Gasteiger partial charge in [0.25, 0.3) is 0 Å². The number of fused-ring (bicyclic) bond motifs is 2. The average Bonchev–Trinajstić information content (AvgIpc) is 3.57. The number of allylic oxidation sites excluding steroid dienone is 1. The number of piperidine rings is 1. The van der Waals surface area contributed by atoms with E-state index in [1.54, 1.807) is 24.7 Å². The van der Waals surface area contributed by atoms with Crippen LogP contribution in [0.15, 0.2) is 55.1 Å². The van der Waals surface area contributed by atoms with Gasteiger partial charge in [0.2, 0.25) is 0 Å². The molecular weight excluding hydrogens is 479 g/mol. The van der Waals surface area contributed by atoms with Crippen molar-refractivity contribution in [2.75, 3.05) is 23.3 Å². The summed E-state index contributed by atoms with van der Waals surface area (Å²) >= 11 is 0. The molecule has 194 valence electrons. The van der Waals surface area contributed by atoms with Crippen molar-refractivity contribution in [1.82, 2.24) is 30.1 Å². The molecule has 0 radical (unpaired) electrons. The van der Waals surface area contributed by atoms with Gasteiger partial charge < -0.3 is 15.2 Å². The molecule has 4 aromatic heterocycles. The summed E-state index contributed by atoms with van der Waals surface area (Å²) in [6.45, 7) is 8.17. The molecule has 5 heterocycles. The van der Waals surface area contributed by atoms with Crippen LogP contribution in [0.25, 0.3) is 44.6 Å². The third-order valence-electron chi connectivity index (χ3n) is 7.13. The molecule has 0 atom stereocenters. The second-order valence-electron chi connectivity index (χ2n) is 9.88. The molecule has 1 fully saturated rings. The number of aromatic nitrogens is 6. The maximum absolute atomic E-state index is 16.1. The van der Waals surface area contributed by atoms with Crippen LogP contribution in [0.1, 0.15) is 45.4 Å². The van der Waals surface area contributed by atoms with Crippen LogP contribution in [0.2, 0.25) is 0 Å². The summed E-state index contributed by atoms with van der Waals surface area (Å²) in [6, 6.07) is 7.39. The van der Waals surface area contributed by atoms with Crippen molar-refractivity contribution in [2.45, 2.75) is 45.4 Å². The zero-order valence-electron chi connectivity index (χ0n) is 21.5. The molecule has 6 rings (SSSR count). The first kappa shape index (κ1) is 24.1. The molecule has 38 heavy (non-hydrogen) atoms. The van der Waals surface area contributed by atoms with E-state index >= 15 is 4.39 Å². The normalized spacial score (nSPS) is 13.9. The molecule has 8 nitrogen and oxygen atoms in total. The Kier molecular flexibility index (Phi) is 6.49. The molecule has 1 saturated heterocycles. The minimum atomic E-state index is -0.371. The van der Waals surface area contributed by atoms with Crippen molar-refractivity contribution < 1.29 is 4.39 Å². The minimum Gasteiger partial charge on any atom is -0.358 e. The highest BCUT2D eigenvalue weighted by atomic mass is 19.1. The first-order valence-corrected chi connectivity index (χ1v) is 13.3. The Bertz CT molecular complexity index is 1610. The molecule has 3 N–H and O–H groups in total. The monoisotopic (exact) mass is 510 g/mol. The zero-order valence-corrected chi connectivity index (χ0v) is 21.5. The van der Waals surface area contributed by atoms with Gasteiger partial charge in [-0.15, -0.1) is 0 Å². The molecule has 0 saturated carbocycles. The van der Waals surface area contributed by atoms with Crippen LogP contribution in [0, 0.1) is 5.82 Å². The first-order chi connectivity index (χ1) is 18.6. The maximum Gasteiger partial charge on any atom is 0.159 e. The highest BCUT2D eigenvalue weighted by Gasteiger charge is 2.22. The number of unbranched alkanes of at least 4 members (excludes halogenated alkanes) is 1. The van der Waals surface area contributed by atoms with Crippen LogP contribution < -0.4 is 10.2 Å². The highest BCUT2D eigenvalue weighted by molar-refractivity contribution is 5.97. The summed E-state index contributed by atoms with van der Waals surface area (Å²) in [4.78, 5) is 19.4. The van der Waals surface area contributed by atoms with Gasteiger partial charge in [0.1, 0.15) is 17.0 Å². The lowest BCUT2D eigenvalue weighted by Gasteiger charge is -2.27. The Labute approximate surface area is 220 Å². The third-order valence-corrected chi connectivity index (χ3v) is 7.13. The van der Waals surface area contributed by atoms with Gasteiger partial charge in [-0.25, -0.2) is 14.4 Å². The summed E-state index contributed by atoms with van der Waals surface area (Å²) < 4.78 is 16.1. The average molecular weight is 511 g/mol. The van der Waals surface area contributed by atoms with Gasteiger partial charge in [-0.2, -0.15) is 5.10 Å². The Morgan fingerprint density at radius 2 is 2.00 bits per heavy atom. The predicted octanol–water partition coefficient (Wildman–Crippen LogP) is 6.81. The molecule has 1 aliphatic heterocycles. The van der Waals surface area contributed by atoms with Crippen LogP contribution >= 0.6 is 0 Å². The first-order valence-electron chi connectivity index (χ1n) is 13.3. The minimum absolute atomic E-state index is 0.371. The van der Waals surface area contributed by atoms with Gasteiger partial charge in [-0.05, 0) is 56.4 Å². The number of nitrogens with one attached hydrogen (secondary N) is 3. The number of halogens is 1. The summed E-state index contributed by atoms with van der Waals surface area (Å²) in [5.41, 5.74) is 5.50. The molecule has 1 aliphatic rings. The lowest BCUT2D eigenvalue weighted by molar-refractivity contribution is 0.574. The van der Waals surface area contributed by atoms with E-state index in [1.807, 2.05) is 18.2 Å². The van der Waals surface area contributed by atoms with E-state index < -0.39 is 0 Å². The number of hydrogen-bond acceptors (Lipinski definition) is 6. The molecule has 9 heteroatoms. The van der Waals surface area contributed by atoms with E-state index in [-0.39, 0.29) is 5.82 Å². The number of anilines is 2. The smallest absolute Gasteiger partial charge is 0.159 e. The van der Waals surface area contributed by atoms with Gasteiger partial charge in [0.15, 0.2) is 11.6 Å². The third kappa shape index (κ3) is 4.49. The number of H-pyrrole nitrogens is 2. The highest BCUT2D eigenvalue weighted by Crippen LogP contribution is 2.35. The predicted molar refractivity (Wildman–Crippen MR) is 151 cm³/mol. The van der Waals surface area contributed by atoms with E-state index in [0.29, 0.717) is 33.5 Å². The number of nitrogens with zero attached hydrogens (tertiary/aromatic N) is 5. The largest absolute Gasteiger partial charge is 0.358 e. The summed E-state index contributed by atoms with van der Waals surface area (Å²) in [7, 11) is 0. The lowest BCUT2D eigenvalue weighted by Crippen LogP contribution is -2.30. The molecule has 1 aromatic carbocycles. The fourth-order valence-corrected chi connectivity index (χ4v) is 5.15. The van der Waals surface area contributed by atoms with E-state index in [0.717, 1.165) is 73.4 Å². The number of benzene rings is 1. The van der Waals surface area contributed by atoms with E-state index in [9.17, 15) is 0 Å². The van der Waals surface area contributed by atoms with E-state index in [1.165, 1.54) is 6.42 Å².